The van der Waals surface area contributed by atoms with Gasteiger partial charge in [0.05, 0.1) is 6.61 Å². The molecule has 0 atom stereocenters. The van der Waals surface area contributed by atoms with Crippen molar-refractivity contribution in [1.82, 2.24) is 14.9 Å². The topological polar surface area (TPSA) is 78.9 Å². The number of para-hydroxylation sites is 1. The van der Waals surface area contributed by atoms with Crippen molar-refractivity contribution in [2.45, 2.75) is 13.3 Å². The summed E-state index contributed by atoms with van der Waals surface area (Å²) in [4.78, 5) is 38.9. The van der Waals surface area contributed by atoms with Gasteiger partial charge in [-0.05, 0) is 25.0 Å². The number of amides is 2. The third-order valence-electron chi connectivity index (χ3n) is 5.13. The Kier molecular flexibility index (Phi) is 5.10. The molecule has 1 aromatic heterocycles. The van der Waals surface area contributed by atoms with E-state index >= 15 is 0 Å². The van der Waals surface area contributed by atoms with Gasteiger partial charge >= 0.3 is 6.09 Å². The van der Waals surface area contributed by atoms with Crippen LogP contribution in [0.5, 0.6) is 0 Å². The first-order chi connectivity index (χ1) is 13.7. The second-order valence-electron chi connectivity index (χ2n) is 6.77. The molecule has 2 amide bonds. The van der Waals surface area contributed by atoms with E-state index in [2.05, 4.69) is 20.9 Å². The maximum Gasteiger partial charge on any atom is 0.409 e. The van der Waals surface area contributed by atoms with Crippen molar-refractivity contribution < 1.29 is 14.3 Å². The fourth-order valence-corrected chi connectivity index (χ4v) is 3.66. The summed E-state index contributed by atoms with van der Waals surface area (Å²) in [7, 11) is 0. The zero-order valence-corrected chi connectivity index (χ0v) is 15.9. The Morgan fingerprint density at radius 2 is 1.86 bits per heavy atom. The lowest BCUT2D eigenvalue weighted by Gasteiger charge is -2.34. The number of anilines is 2. The second kappa shape index (κ2) is 7.84. The zero-order chi connectivity index (χ0) is 19.5. The van der Waals surface area contributed by atoms with Gasteiger partial charge in [-0.3, -0.25) is 4.79 Å². The predicted molar refractivity (Wildman–Crippen MR) is 105 cm³/mol. The minimum Gasteiger partial charge on any atom is -0.450 e. The van der Waals surface area contributed by atoms with E-state index in [0.717, 1.165) is 12.1 Å². The fraction of sp³-hybridized carbons (Fsp3) is 0.400. The first-order valence-corrected chi connectivity index (χ1v) is 9.56. The maximum atomic E-state index is 13.0. The van der Waals surface area contributed by atoms with Gasteiger partial charge in [-0.15, -0.1) is 0 Å². The van der Waals surface area contributed by atoms with E-state index in [1.807, 2.05) is 18.2 Å². The first-order valence-electron chi connectivity index (χ1n) is 9.56. The highest BCUT2D eigenvalue weighted by atomic mass is 16.6. The van der Waals surface area contributed by atoms with Gasteiger partial charge in [0, 0.05) is 44.5 Å². The number of benzene rings is 1. The van der Waals surface area contributed by atoms with E-state index in [0.29, 0.717) is 50.8 Å². The molecule has 28 heavy (non-hydrogen) atoms. The fourth-order valence-electron chi connectivity index (χ4n) is 3.66. The number of piperazine rings is 1. The highest BCUT2D eigenvalue weighted by Crippen LogP contribution is 2.29. The Labute approximate surface area is 163 Å². The monoisotopic (exact) mass is 381 g/mol. The molecule has 0 bridgehead atoms. The van der Waals surface area contributed by atoms with Crippen LogP contribution in [0.1, 0.15) is 23.0 Å². The smallest absolute Gasteiger partial charge is 0.409 e. The lowest BCUT2D eigenvalue weighted by molar-refractivity contribution is 0.0984. The molecule has 8 nitrogen and oxygen atoms in total. The van der Waals surface area contributed by atoms with Crippen LogP contribution in [0.25, 0.3) is 0 Å². The molecule has 1 saturated heterocycles. The molecule has 0 saturated carbocycles. The molecule has 146 valence electrons. The average Bonchev–Trinajstić information content (AvgIpc) is 3.18. The van der Waals surface area contributed by atoms with Crippen LogP contribution in [-0.2, 0) is 11.2 Å². The van der Waals surface area contributed by atoms with Crippen molar-refractivity contribution in [3.05, 3.63) is 47.9 Å². The summed E-state index contributed by atoms with van der Waals surface area (Å²) < 4.78 is 5.05. The zero-order valence-electron chi connectivity index (χ0n) is 15.9. The molecule has 8 heteroatoms. The molecule has 0 unspecified atom stereocenters. The molecule has 1 fully saturated rings. The number of carbonyl (C=O) groups is 2. The average molecular weight is 381 g/mol. The van der Waals surface area contributed by atoms with Gasteiger partial charge in [0.1, 0.15) is 17.8 Å². The SMILES string of the molecule is CCOC(=O)N1CCN(c2cc(C(=O)N3CCc4ccccc43)ncn2)CC1. The number of hydrogen-bond donors (Lipinski definition) is 0. The Hall–Kier alpha value is -3.16. The van der Waals surface area contributed by atoms with Crippen LogP contribution in [0.4, 0.5) is 16.3 Å². The largest absolute Gasteiger partial charge is 0.450 e. The summed E-state index contributed by atoms with van der Waals surface area (Å²) in [6.07, 6.45) is 2.01. The van der Waals surface area contributed by atoms with Crippen LogP contribution < -0.4 is 9.80 Å². The minimum absolute atomic E-state index is 0.112. The van der Waals surface area contributed by atoms with E-state index in [-0.39, 0.29) is 12.0 Å². The number of nitrogens with zero attached hydrogens (tertiary/aromatic N) is 5. The third kappa shape index (κ3) is 3.49. The molecule has 2 aromatic rings. The second-order valence-corrected chi connectivity index (χ2v) is 6.77. The van der Waals surface area contributed by atoms with Crippen molar-refractivity contribution in [2.24, 2.45) is 0 Å². The van der Waals surface area contributed by atoms with Crippen LogP contribution in [0.2, 0.25) is 0 Å². The molecular formula is C20H23N5O3. The Bertz CT molecular complexity index is 880. The maximum absolute atomic E-state index is 13.0. The Balaban J connectivity index is 1.46. The molecule has 3 heterocycles. The van der Waals surface area contributed by atoms with Gasteiger partial charge in [-0.25, -0.2) is 14.8 Å². The van der Waals surface area contributed by atoms with E-state index in [9.17, 15) is 9.59 Å². The molecule has 0 radical (unpaired) electrons. The molecule has 0 aliphatic carbocycles. The summed E-state index contributed by atoms with van der Waals surface area (Å²) in [5.41, 5.74) is 2.52. The molecule has 1 aromatic carbocycles. The van der Waals surface area contributed by atoms with E-state index in [1.165, 1.54) is 11.9 Å². The summed E-state index contributed by atoms with van der Waals surface area (Å²) in [6.45, 7) is 5.22. The first kappa shape index (κ1) is 18.2. The number of rotatable bonds is 3. The molecule has 4 rings (SSSR count). The lowest BCUT2D eigenvalue weighted by atomic mass is 10.2. The summed E-state index contributed by atoms with van der Waals surface area (Å²) in [5, 5.41) is 0. The van der Waals surface area contributed by atoms with Crippen LogP contribution in [0.15, 0.2) is 36.7 Å². The van der Waals surface area contributed by atoms with E-state index in [4.69, 9.17) is 4.74 Å². The van der Waals surface area contributed by atoms with Crippen molar-refractivity contribution in [3.63, 3.8) is 0 Å². The van der Waals surface area contributed by atoms with Crippen molar-refractivity contribution in [1.29, 1.82) is 0 Å². The molecule has 2 aliphatic rings. The minimum atomic E-state index is -0.284. The molecule has 2 aliphatic heterocycles. The normalized spacial score (nSPS) is 16.1. The Morgan fingerprint density at radius 3 is 2.64 bits per heavy atom. The highest BCUT2D eigenvalue weighted by Gasteiger charge is 2.27. The number of ether oxygens (including phenoxy) is 1. The van der Waals surface area contributed by atoms with Gasteiger partial charge in [0.15, 0.2) is 0 Å². The number of aromatic nitrogens is 2. The molecular weight excluding hydrogens is 358 g/mol. The number of carbonyl (C=O) groups excluding carboxylic acids is 2. The van der Waals surface area contributed by atoms with Gasteiger partial charge < -0.3 is 19.4 Å². The lowest BCUT2D eigenvalue weighted by Crippen LogP contribution is -2.49. The number of fused-ring (bicyclic) bond motifs is 1. The van der Waals surface area contributed by atoms with Crippen LogP contribution in [0.3, 0.4) is 0 Å². The van der Waals surface area contributed by atoms with Crippen LogP contribution in [-0.4, -0.2) is 66.2 Å². The quantitative estimate of drug-likeness (QED) is 0.809. The molecule has 0 spiro atoms. The predicted octanol–water partition coefficient (Wildman–Crippen LogP) is 1.96. The summed E-state index contributed by atoms with van der Waals surface area (Å²) in [5.74, 6) is 0.591. The van der Waals surface area contributed by atoms with E-state index < -0.39 is 0 Å². The van der Waals surface area contributed by atoms with Gasteiger partial charge in [-0.2, -0.15) is 0 Å². The van der Waals surface area contributed by atoms with Crippen LogP contribution >= 0.6 is 0 Å². The van der Waals surface area contributed by atoms with E-state index in [1.54, 1.807) is 22.8 Å². The van der Waals surface area contributed by atoms with Gasteiger partial charge in [0.2, 0.25) is 0 Å². The summed E-state index contributed by atoms with van der Waals surface area (Å²) in [6, 6.07) is 9.70. The van der Waals surface area contributed by atoms with Crippen molar-refractivity contribution in [2.75, 3.05) is 49.1 Å². The van der Waals surface area contributed by atoms with Crippen molar-refractivity contribution >= 4 is 23.5 Å². The Morgan fingerprint density at radius 1 is 1.07 bits per heavy atom. The number of hydrogen-bond acceptors (Lipinski definition) is 6. The van der Waals surface area contributed by atoms with Gasteiger partial charge in [-0.1, -0.05) is 18.2 Å². The summed E-state index contributed by atoms with van der Waals surface area (Å²) >= 11 is 0. The third-order valence-corrected chi connectivity index (χ3v) is 5.13. The standard InChI is InChI=1S/C20H23N5O3/c1-2-28-20(27)24-11-9-23(10-12-24)18-13-16(21-14-22-18)19(26)25-8-7-15-5-3-4-6-17(15)25/h3-6,13-14H,2,7-12H2,1H3. The highest BCUT2D eigenvalue weighted by molar-refractivity contribution is 6.06. The van der Waals surface area contributed by atoms with Crippen LogP contribution in [0, 0.1) is 0 Å². The van der Waals surface area contributed by atoms with Gasteiger partial charge in [0.25, 0.3) is 5.91 Å². The van der Waals surface area contributed by atoms with Crippen molar-refractivity contribution in [3.8, 4) is 0 Å². The molecule has 0 N–H and O–H groups in total.